The summed E-state index contributed by atoms with van der Waals surface area (Å²) in [6, 6.07) is 5.78. The zero-order valence-corrected chi connectivity index (χ0v) is 15.4. The molecule has 6 nitrogen and oxygen atoms in total. The monoisotopic (exact) mass is 359 g/mol. The summed E-state index contributed by atoms with van der Waals surface area (Å²) in [5.41, 5.74) is 1.60. The number of carbonyl (C=O) groups excluding carboxylic acids is 1. The zero-order chi connectivity index (χ0) is 17.8. The summed E-state index contributed by atoms with van der Waals surface area (Å²) in [7, 11) is 3.31. The van der Waals surface area contributed by atoms with Crippen LogP contribution in [0.3, 0.4) is 0 Å². The van der Waals surface area contributed by atoms with Gasteiger partial charge >= 0.3 is 0 Å². The van der Waals surface area contributed by atoms with E-state index in [0.717, 1.165) is 23.5 Å². The molecule has 0 unspecified atom stereocenters. The van der Waals surface area contributed by atoms with Crippen molar-refractivity contribution in [2.45, 2.75) is 17.5 Å². The molecule has 1 aromatic carbocycles. The lowest BCUT2D eigenvalue weighted by Crippen LogP contribution is -2.28. The molecule has 1 aliphatic rings. The summed E-state index contributed by atoms with van der Waals surface area (Å²) >= 11 is 1.45. The van der Waals surface area contributed by atoms with Gasteiger partial charge in [0.15, 0.2) is 5.16 Å². The first-order valence-electron chi connectivity index (χ1n) is 8.03. The minimum atomic E-state index is -0.0305. The van der Waals surface area contributed by atoms with Gasteiger partial charge in [0.05, 0.1) is 19.8 Å². The molecule has 0 N–H and O–H groups in total. The van der Waals surface area contributed by atoms with E-state index < -0.39 is 0 Å². The van der Waals surface area contributed by atoms with Gasteiger partial charge in [-0.2, -0.15) is 0 Å². The molecule has 0 radical (unpaired) electrons. The molecule has 1 aromatic heterocycles. The van der Waals surface area contributed by atoms with Gasteiger partial charge < -0.3 is 14.4 Å². The van der Waals surface area contributed by atoms with Crippen LogP contribution in [0.25, 0.3) is 0 Å². The summed E-state index contributed by atoms with van der Waals surface area (Å²) in [4.78, 5) is 22.9. The van der Waals surface area contributed by atoms with Crippen molar-refractivity contribution in [1.29, 1.82) is 0 Å². The van der Waals surface area contributed by atoms with Crippen molar-refractivity contribution < 1.29 is 14.3 Å². The number of methoxy groups -OCH3 is 2. The van der Waals surface area contributed by atoms with E-state index in [1.807, 2.05) is 29.4 Å². The quantitative estimate of drug-likeness (QED) is 0.604. The average molecular weight is 359 g/mol. The number of hydrogen-bond donors (Lipinski definition) is 0. The molecule has 1 saturated heterocycles. The summed E-state index contributed by atoms with van der Waals surface area (Å²) in [6.45, 7) is 1.35. The van der Waals surface area contributed by atoms with Crippen LogP contribution in [-0.2, 0) is 0 Å². The first kappa shape index (κ1) is 17.5. The average Bonchev–Trinajstić information content (AvgIpc) is 3.17. The van der Waals surface area contributed by atoms with E-state index in [9.17, 15) is 4.79 Å². The van der Waals surface area contributed by atoms with Gasteiger partial charge in [0.25, 0.3) is 5.91 Å². The number of nitrogens with zero attached hydrogens (tertiary/aromatic N) is 3. The first-order chi connectivity index (χ1) is 12.2. The van der Waals surface area contributed by atoms with Crippen LogP contribution in [0, 0.1) is 0 Å². The first-order valence-corrected chi connectivity index (χ1v) is 9.26. The molecule has 2 heterocycles. The molecule has 25 heavy (non-hydrogen) atoms. The SMILES string of the molecule is COc1ccc(OC)c([C@@H]2CCN(C(=O)c3cnc(SC)nc3)C2)c1. The number of hydrogen-bond acceptors (Lipinski definition) is 6. The lowest BCUT2D eigenvalue weighted by molar-refractivity contribution is 0.0789. The van der Waals surface area contributed by atoms with Crippen LogP contribution in [0.1, 0.15) is 28.3 Å². The van der Waals surface area contributed by atoms with E-state index in [1.54, 1.807) is 26.6 Å². The van der Waals surface area contributed by atoms with E-state index in [1.165, 1.54) is 11.8 Å². The summed E-state index contributed by atoms with van der Waals surface area (Å²) in [6.07, 6.45) is 5.99. The lowest BCUT2D eigenvalue weighted by atomic mass is 9.97. The van der Waals surface area contributed by atoms with Crippen LogP contribution in [0.15, 0.2) is 35.7 Å². The van der Waals surface area contributed by atoms with Gasteiger partial charge in [-0.25, -0.2) is 9.97 Å². The molecular formula is C18H21N3O3S. The third-order valence-electron chi connectivity index (χ3n) is 4.41. The maximum Gasteiger partial charge on any atom is 0.257 e. The minimum Gasteiger partial charge on any atom is -0.497 e. The van der Waals surface area contributed by atoms with Crippen LogP contribution < -0.4 is 9.47 Å². The standard InChI is InChI=1S/C18H21N3O3S/c1-23-14-4-5-16(24-2)15(8-14)12-6-7-21(11-12)17(22)13-9-19-18(25-3)20-10-13/h4-5,8-10,12H,6-7,11H2,1-3H3/t12-/m1/s1. The Kier molecular flexibility index (Phi) is 5.43. The molecular weight excluding hydrogens is 338 g/mol. The normalized spacial score (nSPS) is 16.8. The molecule has 0 bridgehead atoms. The van der Waals surface area contributed by atoms with Crippen LogP contribution in [0.2, 0.25) is 0 Å². The summed E-state index contributed by atoms with van der Waals surface area (Å²) in [5, 5.41) is 0.664. The topological polar surface area (TPSA) is 64.6 Å². The van der Waals surface area contributed by atoms with Gasteiger partial charge in [0, 0.05) is 37.0 Å². The molecule has 0 aliphatic carbocycles. The van der Waals surface area contributed by atoms with Crippen LogP contribution in [0.4, 0.5) is 0 Å². The molecule has 2 aromatic rings. The lowest BCUT2D eigenvalue weighted by Gasteiger charge is -2.18. The highest BCUT2D eigenvalue weighted by atomic mass is 32.2. The second-order valence-electron chi connectivity index (χ2n) is 5.80. The second kappa shape index (κ2) is 7.74. The Bertz CT molecular complexity index is 752. The fraction of sp³-hybridized carbons (Fsp3) is 0.389. The van der Waals surface area contributed by atoms with Crippen molar-refractivity contribution in [2.24, 2.45) is 0 Å². The minimum absolute atomic E-state index is 0.0305. The maximum atomic E-state index is 12.7. The fourth-order valence-electron chi connectivity index (χ4n) is 3.07. The molecule has 0 saturated carbocycles. The summed E-state index contributed by atoms with van der Waals surface area (Å²) < 4.78 is 10.8. The van der Waals surface area contributed by atoms with E-state index >= 15 is 0 Å². The number of thioether (sulfide) groups is 1. The largest absolute Gasteiger partial charge is 0.497 e. The highest BCUT2D eigenvalue weighted by Crippen LogP contribution is 2.36. The van der Waals surface area contributed by atoms with Crippen LogP contribution in [0.5, 0.6) is 11.5 Å². The highest BCUT2D eigenvalue weighted by molar-refractivity contribution is 7.98. The van der Waals surface area contributed by atoms with Gasteiger partial charge in [-0.1, -0.05) is 11.8 Å². The second-order valence-corrected chi connectivity index (χ2v) is 6.58. The number of carbonyl (C=O) groups is 1. The van der Waals surface area contributed by atoms with Gasteiger partial charge in [-0.3, -0.25) is 4.79 Å². The number of aromatic nitrogens is 2. The Labute approximate surface area is 151 Å². The molecule has 1 atom stereocenters. The zero-order valence-electron chi connectivity index (χ0n) is 14.6. The Morgan fingerprint density at radius 3 is 2.64 bits per heavy atom. The van der Waals surface area contributed by atoms with Crippen molar-refractivity contribution in [3.63, 3.8) is 0 Å². The van der Waals surface area contributed by atoms with Gasteiger partial charge in [0.2, 0.25) is 0 Å². The molecule has 3 rings (SSSR count). The van der Waals surface area contributed by atoms with Crippen molar-refractivity contribution in [3.05, 3.63) is 41.7 Å². The predicted octanol–water partition coefficient (Wildman–Crippen LogP) is 2.85. The van der Waals surface area contributed by atoms with Crippen molar-refractivity contribution in [1.82, 2.24) is 14.9 Å². The highest BCUT2D eigenvalue weighted by Gasteiger charge is 2.30. The number of rotatable bonds is 5. The molecule has 0 spiro atoms. The van der Waals surface area contributed by atoms with Crippen molar-refractivity contribution in [3.8, 4) is 11.5 Å². The van der Waals surface area contributed by atoms with Gasteiger partial charge in [-0.05, 0) is 30.9 Å². The number of ether oxygens (including phenoxy) is 2. The van der Waals surface area contributed by atoms with E-state index in [0.29, 0.717) is 23.8 Å². The van der Waals surface area contributed by atoms with Crippen molar-refractivity contribution >= 4 is 17.7 Å². The van der Waals surface area contributed by atoms with E-state index in [-0.39, 0.29) is 11.8 Å². The third-order valence-corrected chi connectivity index (χ3v) is 4.99. The van der Waals surface area contributed by atoms with Gasteiger partial charge in [0.1, 0.15) is 11.5 Å². The number of likely N-dealkylation sites (tertiary alicyclic amines) is 1. The fourth-order valence-corrected chi connectivity index (χ4v) is 3.39. The Morgan fingerprint density at radius 1 is 1.24 bits per heavy atom. The molecule has 132 valence electrons. The Hall–Kier alpha value is -2.28. The van der Waals surface area contributed by atoms with E-state index in [2.05, 4.69) is 9.97 Å². The molecule has 1 fully saturated rings. The number of benzene rings is 1. The smallest absolute Gasteiger partial charge is 0.257 e. The Morgan fingerprint density at radius 2 is 2.00 bits per heavy atom. The third kappa shape index (κ3) is 3.71. The molecule has 1 amide bonds. The van der Waals surface area contributed by atoms with Crippen LogP contribution >= 0.6 is 11.8 Å². The summed E-state index contributed by atoms with van der Waals surface area (Å²) in [5.74, 6) is 1.81. The number of amides is 1. The van der Waals surface area contributed by atoms with E-state index in [4.69, 9.17) is 9.47 Å². The molecule has 7 heteroatoms. The predicted molar refractivity (Wildman–Crippen MR) is 96.6 cm³/mol. The van der Waals surface area contributed by atoms with Crippen LogP contribution in [-0.4, -0.2) is 54.3 Å². The molecule has 1 aliphatic heterocycles. The Balaban J connectivity index is 1.75. The van der Waals surface area contributed by atoms with Gasteiger partial charge in [-0.15, -0.1) is 0 Å². The maximum absolute atomic E-state index is 12.7. The van der Waals surface area contributed by atoms with Crippen molar-refractivity contribution in [2.75, 3.05) is 33.6 Å².